The maximum absolute atomic E-state index is 10.4. The first kappa shape index (κ1) is 37.8. The Morgan fingerprint density at radius 2 is 0.609 bits per heavy atom. The van der Waals surface area contributed by atoms with Crippen LogP contribution < -0.4 is 41.6 Å². The molecule has 46 heavy (non-hydrogen) atoms. The van der Waals surface area contributed by atoms with Crippen LogP contribution in [-0.2, 0) is 36.2 Å². The van der Waals surface area contributed by atoms with Crippen LogP contribution in [0, 0.1) is 0 Å². The molecule has 0 atom stereocenters. The van der Waals surface area contributed by atoms with Gasteiger partial charge in [-0.15, -0.1) is 0 Å². The molecule has 0 aromatic heterocycles. The predicted octanol–water partition coefficient (Wildman–Crippen LogP) is -3.11. The quantitative estimate of drug-likeness (QED) is 0.0926. The zero-order chi connectivity index (χ0) is 32.7. The zero-order valence-electron chi connectivity index (χ0n) is 24.8. The van der Waals surface area contributed by atoms with Gasteiger partial charge < -0.3 is 39.6 Å². The zero-order valence-corrected chi connectivity index (χ0v) is 26.9. The van der Waals surface area contributed by atoms with Gasteiger partial charge in [-0.05, 0) is 48.5 Å². The van der Waals surface area contributed by atoms with E-state index in [0.29, 0.717) is 0 Å². The maximum Gasteiger partial charge on any atom is 3.00 e. The monoisotopic (exact) mass is 682 g/mol. The van der Waals surface area contributed by atoms with Crippen molar-refractivity contribution in [3.8, 4) is 0 Å². The van der Waals surface area contributed by atoms with E-state index in [1.54, 1.807) is 0 Å². The Hall–Kier alpha value is -4.37. The summed E-state index contributed by atoms with van der Waals surface area (Å²) in [4.78, 5) is 43.4. The molecule has 0 aliphatic rings. The molecular formula is C34H32MnN2O8P. The number of carbonyl (C=O) groups is 4. The number of nitrogens with zero attached hydrogens (tertiary/aromatic N) is 2. The summed E-state index contributed by atoms with van der Waals surface area (Å²) in [5.74, 6) is -6.12. The van der Waals surface area contributed by atoms with Crippen molar-refractivity contribution in [3.63, 3.8) is 0 Å². The maximum atomic E-state index is 10.4. The van der Waals surface area contributed by atoms with E-state index in [2.05, 4.69) is 121 Å². The molecule has 4 rings (SSSR count). The first-order valence-electron chi connectivity index (χ1n) is 14.0. The summed E-state index contributed by atoms with van der Waals surface area (Å²) in [6, 6.07) is 43.8. The second-order valence-corrected chi connectivity index (χ2v) is 13.3. The number of benzene rings is 4. The predicted molar refractivity (Wildman–Crippen MR) is 164 cm³/mol. The fraction of sp³-hybridized carbons (Fsp3) is 0.176. The largest absolute Gasteiger partial charge is 3.00 e. The van der Waals surface area contributed by atoms with E-state index >= 15 is 0 Å². The van der Waals surface area contributed by atoms with E-state index in [4.69, 9.17) is 0 Å². The van der Waals surface area contributed by atoms with E-state index < -0.39 is 57.3 Å². The summed E-state index contributed by atoms with van der Waals surface area (Å²) >= 11 is 0. The number of rotatable bonds is 15. The minimum Gasteiger partial charge on any atom is -0.549 e. The molecule has 0 fully saturated rings. The number of aliphatic carboxylic acids is 4. The van der Waals surface area contributed by atoms with Crippen molar-refractivity contribution >= 4 is 52.4 Å². The average molecular weight is 683 g/mol. The summed E-state index contributed by atoms with van der Waals surface area (Å²) in [7, 11) is -1.91. The topological polar surface area (TPSA) is 167 Å². The molecule has 0 radical (unpaired) electrons. The van der Waals surface area contributed by atoms with E-state index in [-0.39, 0.29) is 30.2 Å². The van der Waals surface area contributed by atoms with Crippen molar-refractivity contribution in [1.29, 1.82) is 0 Å². The normalized spacial score (nSPS) is 10.7. The molecule has 0 amide bonds. The van der Waals surface area contributed by atoms with Gasteiger partial charge in [0, 0.05) is 39.3 Å². The van der Waals surface area contributed by atoms with Crippen LogP contribution in [0.1, 0.15) is 0 Å². The molecule has 0 aliphatic heterocycles. The number of hydrogen-bond acceptors (Lipinski definition) is 10. The molecule has 4 aromatic carbocycles. The van der Waals surface area contributed by atoms with E-state index in [0.717, 1.165) is 9.80 Å². The molecule has 12 heteroatoms. The first-order chi connectivity index (χ1) is 21.6. The SMILES string of the molecule is O=C([O-])CN(CCN(CC(=O)[O-])CC(=O)[O-])CC(=O)[O-].[Mn+3].c1ccc([P+](c2ccccc2)(c2ccccc2)c2ccccc2)cc1. The molecular weight excluding hydrogens is 650 g/mol. The van der Waals surface area contributed by atoms with Gasteiger partial charge in [-0.3, -0.25) is 9.80 Å². The molecule has 4 aromatic rings. The molecule has 10 nitrogen and oxygen atoms in total. The third-order valence-electron chi connectivity index (χ3n) is 6.72. The van der Waals surface area contributed by atoms with Crippen LogP contribution in [0.4, 0.5) is 0 Å². The minimum absolute atomic E-state index is 0. The van der Waals surface area contributed by atoms with Crippen molar-refractivity contribution in [3.05, 3.63) is 121 Å². The Kier molecular flexibility index (Phi) is 15.8. The van der Waals surface area contributed by atoms with Crippen LogP contribution >= 0.6 is 7.26 Å². The molecule has 0 N–H and O–H groups in total. The smallest absolute Gasteiger partial charge is 0.549 e. The van der Waals surface area contributed by atoms with Crippen LogP contribution in [0.5, 0.6) is 0 Å². The van der Waals surface area contributed by atoms with Gasteiger partial charge in [0.05, 0.1) is 23.9 Å². The molecule has 0 unspecified atom stereocenters. The number of hydrogen-bond donors (Lipinski definition) is 0. The summed E-state index contributed by atoms with van der Waals surface area (Å²) < 4.78 is 0. The molecule has 0 heterocycles. The standard InChI is InChI=1S/C24H20P.C10H16N2O8.Mn/c1-5-13-21(14-6-1)25(22-15-7-2-8-16-22,23-17-9-3-10-18-23)24-19-11-4-12-20-24;13-7(14)3-11(4-8(15)16)1-2-12(5-9(17)18)6-10(19)20;/h1-20H;1-6H2,(H,13,14)(H,15,16)(H,17,18)(H,19,20);/q+1;;+3/p-4. The van der Waals surface area contributed by atoms with Gasteiger partial charge in [0.1, 0.15) is 28.5 Å². The Morgan fingerprint density at radius 3 is 0.783 bits per heavy atom. The summed E-state index contributed by atoms with van der Waals surface area (Å²) in [5.41, 5.74) is 0. The van der Waals surface area contributed by atoms with Crippen LogP contribution in [0.15, 0.2) is 121 Å². The first-order valence-corrected chi connectivity index (χ1v) is 15.8. The van der Waals surface area contributed by atoms with Gasteiger partial charge >= 0.3 is 17.1 Å². The summed E-state index contributed by atoms with van der Waals surface area (Å²) in [5, 5.41) is 47.2. The van der Waals surface area contributed by atoms with Crippen molar-refractivity contribution in [2.75, 3.05) is 39.3 Å². The Balaban J connectivity index is 0.000000323. The molecule has 0 spiro atoms. The molecule has 0 saturated heterocycles. The summed E-state index contributed by atoms with van der Waals surface area (Å²) in [6.45, 7) is -3.25. The number of carboxylic acid groups (broad SMARTS) is 4. The van der Waals surface area contributed by atoms with Gasteiger partial charge in [0.25, 0.3) is 0 Å². The van der Waals surface area contributed by atoms with Gasteiger partial charge in [-0.1, -0.05) is 72.8 Å². The Labute approximate surface area is 278 Å². The Morgan fingerprint density at radius 1 is 0.413 bits per heavy atom. The van der Waals surface area contributed by atoms with Crippen molar-refractivity contribution in [2.24, 2.45) is 0 Å². The van der Waals surface area contributed by atoms with Crippen LogP contribution in [0.2, 0.25) is 0 Å². The van der Waals surface area contributed by atoms with Gasteiger partial charge in [0.15, 0.2) is 0 Å². The fourth-order valence-electron chi connectivity index (χ4n) is 4.94. The van der Waals surface area contributed by atoms with E-state index in [9.17, 15) is 39.6 Å². The second kappa shape index (κ2) is 19.2. The molecule has 0 aliphatic carbocycles. The third kappa shape index (κ3) is 11.2. The second-order valence-electron chi connectivity index (χ2n) is 9.92. The van der Waals surface area contributed by atoms with Crippen molar-refractivity contribution < 1.29 is 56.7 Å². The van der Waals surface area contributed by atoms with Gasteiger partial charge in [-0.2, -0.15) is 0 Å². The number of carbonyl (C=O) groups excluding carboxylic acids is 4. The van der Waals surface area contributed by atoms with Crippen LogP contribution in [-0.4, -0.2) is 72.9 Å². The van der Waals surface area contributed by atoms with Gasteiger partial charge in [0.2, 0.25) is 0 Å². The number of carboxylic acids is 4. The Bertz CT molecular complexity index is 1300. The molecule has 0 saturated carbocycles. The van der Waals surface area contributed by atoms with Gasteiger partial charge in [-0.25, -0.2) is 0 Å². The van der Waals surface area contributed by atoms with Crippen LogP contribution in [0.3, 0.4) is 0 Å². The third-order valence-corrected chi connectivity index (χ3v) is 11.0. The summed E-state index contributed by atoms with van der Waals surface area (Å²) in [6.07, 6.45) is 0. The van der Waals surface area contributed by atoms with E-state index in [1.807, 2.05) is 0 Å². The van der Waals surface area contributed by atoms with Crippen molar-refractivity contribution in [1.82, 2.24) is 9.80 Å². The van der Waals surface area contributed by atoms with E-state index in [1.165, 1.54) is 21.2 Å². The molecule has 238 valence electrons. The average Bonchev–Trinajstić information content (AvgIpc) is 3.02. The van der Waals surface area contributed by atoms with Crippen LogP contribution in [0.25, 0.3) is 0 Å². The fourth-order valence-corrected chi connectivity index (χ4v) is 9.21. The minimum atomic E-state index is -1.91. The van der Waals surface area contributed by atoms with Crippen molar-refractivity contribution in [2.45, 2.75) is 0 Å². The molecule has 0 bridgehead atoms.